The molecule has 0 fully saturated rings. The van der Waals surface area contributed by atoms with E-state index >= 15 is 0 Å². The van der Waals surface area contributed by atoms with Gasteiger partial charge in [0.25, 0.3) is 0 Å². The highest BCUT2D eigenvalue weighted by atomic mass is 32.2. The van der Waals surface area contributed by atoms with Gasteiger partial charge in [-0.2, -0.15) is 0 Å². The number of aryl methyl sites for hydroxylation is 1. The van der Waals surface area contributed by atoms with Crippen LogP contribution in [0.1, 0.15) is 18.2 Å². The molecular formula is C12H14O3S. The number of hydrogen-bond donors (Lipinski definition) is 0. The van der Waals surface area contributed by atoms with Crippen molar-refractivity contribution in [2.24, 2.45) is 0 Å². The highest BCUT2D eigenvalue weighted by Crippen LogP contribution is 2.22. The molecule has 16 heavy (non-hydrogen) atoms. The largest absolute Gasteiger partial charge is 0.460 e. The van der Waals surface area contributed by atoms with Crippen molar-refractivity contribution >= 4 is 20.8 Å². The van der Waals surface area contributed by atoms with Crippen LogP contribution in [0.2, 0.25) is 0 Å². The molecular weight excluding hydrogens is 224 g/mol. The Hall–Kier alpha value is -1.29. The fourth-order valence-electron chi connectivity index (χ4n) is 1.58. The average molecular weight is 238 g/mol. The van der Waals surface area contributed by atoms with Gasteiger partial charge in [0, 0.05) is 11.1 Å². The molecule has 0 bridgehead atoms. The molecule has 0 spiro atoms. The predicted molar refractivity (Wildman–Crippen MR) is 64.1 cm³/mol. The van der Waals surface area contributed by atoms with Crippen LogP contribution in [0.25, 0.3) is 11.0 Å². The van der Waals surface area contributed by atoms with Gasteiger partial charge in [0.2, 0.25) is 0 Å². The molecule has 1 aromatic carbocycles. The van der Waals surface area contributed by atoms with Crippen LogP contribution >= 0.6 is 0 Å². The van der Waals surface area contributed by atoms with E-state index in [0.717, 1.165) is 16.5 Å². The smallest absolute Gasteiger partial charge is 0.157 e. The number of hydrogen-bond acceptors (Lipinski definition) is 3. The highest BCUT2D eigenvalue weighted by molar-refractivity contribution is 7.90. The number of sulfone groups is 1. The van der Waals surface area contributed by atoms with Crippen LogP contribution in [0.5, 0.6) is 0 Å². The van der Waals surface area contributed by atoms with Crippen LogP contribution in [-0.2, 0) is 15.6 Å². The van der Waals surface area contributed by atoms with Crippen molar-refractivity contribution in [3.63, 3.8) is 0 Å². The summed E-state index contributed by atoms with van der Waals surface area (Å²) < 4.78 is 28.4. The third-order valence-electron chi connectivity index (χ3n) is 2.53. The molecule has 0 amide bonds. The Labute approximate surface area is 95.0 Å². The minimum absolute atomic E-state index is 0.0166. The Morgan fingerprint density at radius 2 is 2.00 bits per heavy atom. The first kappa shape index (κ1) is 11.2. The Kier molecular flexibility index (Phi) is 2.76. The van der Waals surface area contributed by atoms with Gasteiger partial charge in [0.05, 0.1) is 0 Å². The monoisotopic (exact) mass is 238 g/mol. The molecule has 0 radical (unpaired) electrons. The molecule has 1 heterocycles. The van der Waals surface area contributed by atoms with Gasteiger partial charge >= 0.3 is 0 Å². The number of fused-ring (bicyclic) bond motifs is 1. The summed E-state index contributed by atoms with van der Waals surface area (Å²) in [5, 5.41) is 0.951. The van der Waals surface area contributed by atoms with E-state index in [1.54, 1.807) is 13.0 Å². The summed E-state index contributed by atoms with van der Waals surface area (Å²) in [5.74, 6) is 0.641. The Balaban J connectivity index is 2.40. The van der Waals surface area contributed by atoms with Gasteiger partial charge in [0.1, 0.15) is 17.1 Å². The maximum atomic E-state index is 11.5. The lowest BCUT2D eigenvalue weighted by atomic mass is 10.2. The predicted octanol–water partition coefficient (Wildman–Crippen LogP) is 2.68. The zero-order chi connectivity index (χ0) is 11.8. The van der Waals surface area contributed by atoms with Crippen LogP contribution in [0, 0.1) is 6.92 Å². The van der Waals surface area contributed by atoms with Crippen LogP contribution in [-0.4, -0.2) is 14.2 Å². The van der Waals surface area contributed by atoms with Crippen LogP contribution < -0.4 is 0 Å². The number of benzene rings is 1. The Bertz CT molecular complexity index is 608. The molecule has 2 aromatic rings. The van der Waals surface area contributed by atoms with E-state index < -0.39 is 9.84 Å². The summed E-state index contributed by atoms with van der Waals surface area (Å²) in [6, 6.07) is 7.63. The minimum atomic E-state index is -3.02. The van der Waals surface area contributed by atoms with E-state index in [-0.39, 0.29) is 11.5 Å². The van der Waals surface area contributed by atoms with Gasteiger partial charge < -0.3 is 4.42 Å². The molecule has 0 aliphatic rings. The molecule has 3 nitrogen and oxygen atoms in total. The van der Waals surface area contributed by atoms with Crippen molar-refractivity contribution in [2.75, 3.05) is 5.75 Å². The minimum Gasteiger partial charge on any atom is -0.460 e. The molecule has 1 aromatic heterocycles. The van der Waals surface area contributed by atoms with Crippen LogP contribution in [0.4, 0.5) is 0 Å². The summed E-state index contributed by atoms with van der Waals surface area (Å²) >= 11 is 0. The molecule has 0 unspecified atom stereocenters. The summed E-state index contributed by atoms with van der Waals surface area (Å²) in [6.45, 7) is 3.62. The second-order valence-corrected chi connectivity index (χ2v) is 6.28. The molecule has 0 atom stereocenters. The zero-order valence-corrected chi connectivity index (χ0v) is 10.2. The summed E-state index contributed by atoms with van der Waals surface area (Å²) in [6.07, 6.45) is 0. The van der Waals surface area contributed by atoms with Gasteiger partial charge in [-0.3, -0.25) is 0 Å². The molecule has 86 valence electrons. The van der Waals surface area contributed by atoms with E-state index in [1.807, 2.05) is 25.1 Å². The fraction of sp³-hybridized carbons (Fsp3) is 0.333. The van der Waals surface area contributed by atoms with Gasteiger partial charge in [0.15, 0.2) is 9.84 Å². The molecule has 0 aliphatic carbocycles. The van der Waals surface area contributed by atoms with Crippen molar-refractivity contribution in [1.82, 2.24) is 0 Å². The van der Waals surface area contributed by atoms with Gasteiger partial charge in [-0.15, -0.1) is 0 Å². The van der Waals surface area contributed by atoms with Crippen LogP contribution in [0.15, 0.2) is 28.7 Å². The fourth-order valence-corrected chi connectivity index (χ4v) is 2.36. The number of rotatable bonds is 3. The second kappa shape index (κ2) is 3.94. The van der Waals surface area contributed by atoms with Crippen molar-refractivity contribution in [1.29, 1.82) is 0 Å². The van der Waals surface area contributed by atoms with E-state index in [9.17, 15) is 8.42 Å². The summed E-state index contributed by atoms with van der Waals surface area (Å²) in [5.41, 5.74) is 1.85. The molecule has 0 N–H and O–H groups in total. The SMILES string of the molecule is CCS(=O)(=O)Cc1cc2ccc(C)cc2o1. The standard InChI is InChI=1S/C12H14O3S/c1-3-16(13,14)8-11-7-10-5-4-9(2)6-12(10)15-11/h4-7H,3,8H2,1-2H3. The highest BCUT2D eigenvalue weighted by Gasteiger charge is 2.12. The first-order valence-corrected chi connectivity index (χ1v) is 7.02. The Morgan fingerprint density at radius 1 is 1.25 bits per heavy atom. The molecule has 0 saturated carbocycles. The van der Waals surface area contributed by atoms with Gasteiger partial charge in [-0.05, 0) is 24.6 Å². The lowest BCUT2D eigenvalue weighted by Gasteiger charge is -1.96. The van der Waals surface area contributed by atoms with Crippen molar-refractivity contribution in [3.8, 4) is 0 Å². The van der Waals surface area contributed by atoms with Gasteiger partial charge in [-0.25, -0.2) is 8.42 Å². The van der Waals surface area contributed by atoms with E-state index in [2.05, 4.69) is 0 Å². The van der Waals surface area contributed by atoms with E-state index in [0.29, 0.717) is 5.76 Å². The number of furan rings is 1. The maximum absolute atomic E-state index is 11.5. The average Bonchev–Trinajstić information content (AvgIpc) is 2.58. The molecule has 0 saturated heterocycles. The normalized spacial score (nSPS) is 12.1. The van der Waals surface area contributed by atoms with Crippen LogP contribution in [0.3, 0.4) is 0 Å². The Morgan fingerprint density at radius 3 is 2.69 bits per heavy atom. The van der Waals surface area contributed by atoms with Crippen molar-refractivity contribution < 1.29 is 12.8 Å². The van der Waals surface area contributed by atoms with Crippen molar-refractivity contribution in [3.05, 3.63) is 35.6 Å². The van der Waals surface area contributed by atoms with Gasteiger partial charge in [-0.1, -0.05) is 19.1 Å². The second-order valence-electron chi connectivity index (χ2n) is 3.93. The first-order chi connectivity index (χ1) is 7.50. The quantitative estimate of drug-likeness (QED) is 0.826. The van der Waals surface area contributed by atoms with E-state index in [1.165, 1.54) is 0 Å². The lowest BCUT2D eigenvalue weighted by molar-refractivity contribution is 0.555. The summed E-state index contributed by atoms with van der Waals surface area (Å²) in [7, 11) is -3.02. The topological polar surface area (TPSA) is 47.3 Å². The molecule has 4 heteroatoms. The van der Waals surface area contributed by atoms with E-state index in [4.69, 9.17) is 4.42 Å². The maximum Gasteiger partial charge on any atom is 0.157 e. The molecule has 0 aliphatic heterocycles. The third kappa shape index (κ3) is 2.27. The third-order valence-corrected chi connectivity index (χ3v) is 4.13. The molecule has 2 rings (SSSR count). The lowest BCUT2D eigenvalue weighted by Crippen LogP contribution is -2.05. The van der Waals surface area contributed by atoms with Crippen molar-refractivity contribution in [2.45, 2.75) is 19.6 Å². The zero-order valence-electron chi connectivity index (χ0n) is 9.36. The summed E-state index contributed by atoms with van der Waals surface area (Å²) in [4.78, 5) is 0. The first-order valence-electron chi connectivity index (χ1n) is 5.19.